The summed E-state index contributed by atoms with van der Waals surface area (Å²) in [5.41, 5.74) is 7.24. The van der Waals surface area contributed by atoms with Crippen molar-refractivity contribution in [2.24, 2.45) is 17.6 Å². The number of nitriles is 1. The van der Waals surface area contributed by atoms with Gasteiger partial charge in [0.05, 0.1) is 24.2 Å². The van der Waals surface area contributed by atoms with E-state index in [0.29, 0.717) is 19.0 Å². The Balaban J connectivity index is 1.27. The van der Waals surface area contributed by atoms with Gasteiger partial charge in [-0.05, 0) is 48.8 Å². The lowest BCUT2D eigenvalue weighted by Crippen LogP contribution is -2.57. The van der Waals surface area contributed by atoms with Crippen molar-refractivity contribution in [3.05, 3.63) is 35.6 Å². The van der Waals surface area contributed by atoms with Crippen molar-refractivity contribution in [1.29, 1.82) is 5.26 Å². The third-order valence-corrected chi connectivity index (χ3v) is 7.71. The van der Waals surface area contributed by atoms with E-state index >= 15 is 0 Å². The Bertz CT molecular complexity index is 960. The lowest BCUT2D eigenvalue weighted by atomic mass is 9.93. The van der Waals surface area contributed by atoms with Gasteiger partial charge >= 0.3 is 0 Å². The summed E-state index contributed by atoms with van der Waals surface area (Å²) in [6.45, 7) is 5.16. The average Bonchev–Trinajstić information content (AvgIpc) is 3.10. The summed E-state index contributed by atoms with van der Waals surface area (Å²) in [6.07, 6.45) is 2.44. The van der Waals surface area contributed by atoms with Crippen molar-refractivity contribution in [3.63, 3.8) is 0 Å². The fourth-order valence-corrected chi connectivity index (χ4v) is 6.19. The van der Waals surface area contributed by atoms with E-state index in [2.05, 4.69) is 19.9 Å². The number of carbonyl (C=O) groups is 2. The molecular formula is C24H30FN5O2. The van der Waals surface area contributed by atoms with Gasteiger partial charge in [-0.15, -0.1) is 0 Å². The number of carbonyl (C=O) groups excluding carboxylic acids is 2. The fourth-order valence-electron chi connectivity index (χ4n) is 6.19. The molecule has 1 aromatic rings. The molecule has 8 heteroatoms. The van der Waals surface area contributed by atoms with E-state index in [1.165, 1.54) is 12.1 Å². The smallest absolute Gasteiger partial charge is 0.242 e. The van der Waals surface area contributed by atoms with Gasteiger partial charge in [0.15, 0.2) is 0 Å². The maximum absolute atomic E-state index is 13.4. The highest BCUT2D eigenvalue weighted by atomic mass is 19.1. The number of amides is 2. The number of fused-ring (bicyclic) bond motifs is 3. The van der Waals surface area contributed by atoms with E-state index in [1.807, 2.05) is 9.80 Å². The van der Waals surface area contributed by atoms with Crippen LogP contribution in [-0.2, 0) is 9.59 Å². The van der Waals surface area contributed by atoms with Crippen LogP contribution in [0.4, 0.5) is 4.39 Å². The molecule has 0 spiro atoms. The van der Waals surface area contributed by atoms with Crippen LogP contribution in [0.15, 0.2) is 24.3 Å². The van der Waals surface area contributed by atoms with E-state index < -0.39 is 6.04 Å². The van der Waals surface area contributed by atoms with Crippen LogP contribution in [0.25, 0.3) is 0 Å². The van der Waals surface area contributed by atoms with Gasteiger partial charge in [0.2, 0.25) is 11.8 Å². The number of piperazine rings is 1. The molecule has 0 aromatic heterocycles. The first-order chi connectivity index (χ1) is 15.3. The predicted octanol–water partition coefficient (Wildman–Crippen LogP) is 1.65. The summed E-state index contributed by atoms with van der Waals surface area (Å²) < 4.78 is 13.4. The molecule has 32 heavy (non-hydrogen) atoms. The highest BCUT2D eigenvalue weighted by Crippen LogP contribution is 2.48. The molecule has 4 aliphatic rings. The Hall–Kier alpha value is -2.50. The molecule has 7 atom stereocenters. The predicted molar refractivity (Wildman–Crippen MR) is 115 cm³/mol. The molecule has 5 rings (SSSR count). The molecule has 1 aromatic carbocycles. The zero-order valence-corrected chi connectivity index (χ0v) is 18.5. The Morgan fingerprint density at radius 3 is 2.59 bits per heavy atom. The van der Waals surface area contributed by atoms with Crippen molar-refractivity contribution in [2.75, 3.05) is 13.1 Å². The largest absolute Gasteiger partial charge is 0.330 e. The van der Waals surface area contributed by atoms with Crippen molar-refractivity contribution < 1.29 is 14.0 Å². The van der Waals surface area contributed by atoms with E-state index in [0.717, 1.165) is 24.8 Å². The second kappa shape index (κ2) is 7.82. The Labute approximate surface area is 187 Å². The molecule has 4 fully saturated rings. The van der Waals surface area contributed by atoms with Crippen LogP contribution in [0.2, 0.25) is 0 Å². The van der Waals surface area contributed by atoms with Gasteiger partial charge in [0.25, 0.3) is 0 Å². The molecule has 3 aliphatic heterocycles. The molecular weight excluding hydrogens is 409 g/mol. The first kappa shape index (κ1) is 21.4. The summed E-state index contributed by atoms with van der Waals surface area (Å²) in [4.78, 5) is 32.1. The topological polar surface area (TPSA) is 93.7 Å². The Morgan fingerprint density at radius 2 is 1.97 bits per heavy atom. The van der Waals surface area contributed by atoms with Gasteiger partial charge in [-0.3, -0.25) is 14.5 Å². The van der Waals surface area contributed by atoms with E-state index in [9.17, 15) is 19.2 Å². The highest BCUT2D eigenvalue weighted by Gasteiger charge is 2.56. The van der Waals surface area contributed by atoms with Crippen molar-refractivity contribution >= 4 is 11.8 Å². The van der Waals surface area contributed by atoms with Crippen LogP contribution < -0.4 is 5.73 Å². The van der Waals surface area contributed by atoms with Crippen LogP contribution in [0.3, 0.4) is 0 Å². The van der Waals surface area contributed by atoms with Gasteiger partial charge < -0.3 is 15.5 Å². The Kier molecular flexibility index (Phi) is 5.22. The van der Waals surface area contributed by atoms with Crippen molar-refractivity contribution in [2.45, 2.75) is 69.4 Å². The van der Waals surface area contributed by atoms with E-state index in [4.69, 9.17) is 5.73 Å². The number of halogens is 1. The number of benzene rings is 1. The van der Waals surface area contributed by atoms with Crippen molar-refractivity contribution in [3.8, 4) is 6.07 Å². The third kappa shape index (κ3) is 3.39. The molecule has 7 nitrogen and oxygen atoms in total. The number of hydrogen-bond acceptors (Lipinski definition) is 5. The standard InChI is InChI=1S/C24H30FN5O2/c1-13(2)22(14-3-5-16(25)6-4-14)30-18-9-21(24(30)32)28(11-18)12-19(27)23(31)29-17(10-26)7-15-8-20(15)29/h3-6,13,15,17-22H,7-9,11-12,27H2,1-2H3/t15-,17+,18-,19+,20?,21-,22-/m1/s1. The fraction of sp³-hybridized carbons (Fsp3) is 0.625. The maximum atomic E-state index is 13.4. The lowest BCUT2D eigenvalue weighted by Gasteiger charge is -2.41. The lowest BCUT2D eigenvalue weighted by molar-refractivity contribution is -0.142. The minimum absolute atomic E-state index is 0.0544. The molecule has 1 aliphatic carbocycles. The summed E-state index contributed by atoms with van der Waals surface area (Å²) in [5, 5.41) is 9.38. The van der Waals surface area contributed by atoms with E-state index in [1.54, 1.807) is 17.0 Å². The molecule has 1 saturated carbocycles. The molecule has 1 unspecified atom stereocenters. The quantitative estimate of drug-likeness (QED) is 0.728. The van der Waals surface area contributed by atoms with Crippen molar-refractivity contribution in [1.82, 2.24) is 14.7 Å². The second-order valence-corrected chi connectivity index (χ2v) is 10.1. The van der Waals surface area contributed by atoms with Crippen LogP contribution >= 0.6 is 0 Å². The van der Waals surface area contributed by atoms with Gasteiger partial charge in [-0.25, -0.2) is 4.39 Å². The number of nitrogens with two attached hydrogens (primary N) is 1. The SMILES string of the molecule is CC(C)[C@H](c1ccc(F)cc1)N1C(=O)[C@H]2C[C@@H]1CN2C[C@H](N)C(=O)N1C2C[C@H]2C[C@H]1C#N. The first-order valence-corrected chi connectivity index (χ1v) is 11.6. The summed E-state index contributed by atoms with van der Waals surface area (Å²) in [5.74, 6) is 0.241. The van der Waals surface area contributed by atoms with Crippen LogP contribution in [0.5, 0.6) is 0 Å². The van der Waals surface area contributed by atoms with Gasteiger partial charge in [-0.2, -0.15) is 5.26 Å². The van der Waals surface area contributed by atoms with Gasteiger partial charge in [0, 0.05) is 25.2 Å². The molecule has 2 bridgehead atoms. The number of likely N-dealkylation sites (tertiary alicyclic amines) is 3. The highest BCUT2D eigenvalue weighted by molar-refractivity contribution is 5.87. The molecule has 3 saturated heterocycles. The van der Waals surface area contributed by atoms with Crippen LogP contribution in [0, 0.1) is 29.0 Å². The Morgan fingerprint density at radius 1 is 1.25 bits per heavy atom. The average molecular weight is 440 g/mol. The summed E-state index contributed by atoms with van der Waals surface area (Å²) >= 11 is 0. The molecule has 2 N–H and O–H groups in total. The monoisotopic (exact) mass is 439 g/mol. The third-order valence-electron chi connectivity index (χ3n) is 7.71. The van der Waals surface area contributed by atoms with E-state index in [-0.39, 0.29) is 53.8 Å². The normalized spacial score (nSPS) is 32.9. The maximum Gasteiger partial charge on any atom is 0.242 e. The summed E-state index contributed by atoms with van der Waals surface area (Å²) in [6, 6.07) is 7.39. The minimum Gasteiger partial charge on any atom is -0.330 e. The number of rotatable bonds is 6. The number of piperidine rings is 1. The zero-order chi connectivity index (χ0) is 22.7. The van der Waals surface area contributed by atoms with Crippen LogP contribution in [-0.4, -0.2) is 69.8 Å². The number of nitrogens with zero attached hydrogens (tertiary/aromatic N) is 4. The number of hydrogen-bond donors (Lipinski definition) is 1. The molecule has 3 heterocycles. The minimum atomic E-state index is -0.733. The van der Waals surface area contributed by atoms with Crippen LogP contribution in [0.1, 0.15) is 44.7 Å². The summed E-state index contributed by atoms with van der Waals surface area (Å²) in [7, 11) is 0. The zero-order valence-electron chi connectivity index (χ0n) is 18.5. The molecule has 2 amide bonds. The second-order valence-electron chi connectivity index (χ2n) is 10.1. The first-order valence-electron chi connectivity index (χ1n) is 11.6. The molecule has 170 valence electrons. The molecule has 0 radical (unpaired) electrons. The van der Waals surface area contributed by atoms with Gasteiger partial charge in [-0.1, -0.05) is 26.0 Å². The van der Waals surface area contributed by atoms with Gasteiger partial charge in [0.1, 0.15) is 11.9 Å².